The molecule has 12 heavy (non-hydrogen) atoms. The smallest absolute Gasteiger partial charge is 0.0690 e. The SMILES string of the molecule is INc1ccc(NI)c(NI)c1. The fraction of sp³-hybridized carbons (Fsp3) is 0. The molecule has 0 aliphatic carbocycles. The molecule has 3 nitrogen and oxygen atoms in total. The van der Waals surface area contributed by atoms with Crippen LogP contribution in [-0.2, 0) is 0 Å². The van der Waals surface area contributed by atoms with Crippen LogP contribution in [0.4, 0.5) is 17.1 Å². The van der Waals surface area contributed by atoms with Crippen LogP contribution in [0.3, 0.4) is 0 Å². The standard InChI is InChI=1S/C6H6I3N3/c7-10-4-1-2-5(11-8)6(3-4)12-9/h1-3,10-12H. The summed E-state index contributed by atoms with van der Waals surface area (Å²) in [5.74, 6) is 0. The van der Waals surface area contributed by atoms with Crippen LogP contribution in [0.25, 0.3) is 0 Å². The summed E-state index contributed by atoms with van der Waals surface area (Å²) in [6.07, 6.45) is 0. The molecule has 66 valence electrons. The molecule has 0 unspecified atom stereocenters. The van der Waals surface area contributed by atoms with Gasteiger partial charge in [0.25, 0.3) is 0 Å². The second kappa shape index (κ2) is 5.52. The van der Waals surface area contributed by atoms with Crippen LogP contribution in [0.1, 0.15) is 0 Å². The molecule has 0 saturated heterocycles. The van der Waals surface area contributed by atoms with E-state index in [1.165, 1.54) is 0 Å². The summed E-state index contributed by atoms with van der Waals surface area (Å²) in [6, 6.07) is 6.08. The van der Waals surface area contributed by atoms with Crippen molar-refractivity contribution in [1.29, 1.82) is 0 Å². The van der Waals surface area contributed by atoms with Crippen molar-refractivity contribution >= 4 is 85.7 Å². The Labute approximate surface area is 113 Å². The van der Waals surface area contributed by atoms with Crippen molar-refractivity contribution in [3.05, 3.63) is 18.2 Å². The topological polar surface area (TPSA) is 36.1 Å². The Kier molecular flexibility index (Phi) is 5.01. The normalized spacial score (nSPS) is 9.25. The van der Waals surface area contributed by atoms with E-state index in [1.54, 1.807) is 0 Å². The van der Waals surface area contributed by atoms with E-state index in [0.717, 1.165) is 17.1 Å². The Morgan fingerprint density at radius 3 is 2.00 bits per heavy atom. The van der Waals surface area contributed by atoms with Crippen LogP contribution in [-0.4, -0.2) is 0 Å². The predicted octanol–water partition coefficient (Wildman–Crippen LogP) is 3.97. The zero-order valence-corrected chi connectivity index (χ0v) is 12.3. The van der Waals surface area contributed by atoms with Gasteiger partial charge in [0.1, 0.15) is 0 Å². The highest BCUT2D eigenvalue weighted by atomic mass is 127. The van der Waals surface area contributed by atoms with E-state index in [0.29, 0.717) is 0 Å². The largest absolute Gasteiger partial charge is 0.328 e. The maximum atomic E-state index is 3.08. The molecule has 0 radical (unpaired) electrons. The van der Waals surface area contributed by atoms with Crippen LogP contribution < -0.4 is 10.6 Å². The van der Waals surface area contributed by atoms with Crippen molar-refractivity contribution in [2.45, 2.75) is 0 Å². The van der Waals surface area contributed by atoms with Gasteiger partial charge in [-0.1, -0.05) is 0 Å². The molecule has 0 heterocycles. The Morgan fingerprint density at radius 2 is 1.50 bits per heavy atom. The summed E-state index contributed by atoms with van der Waals surface area (Å²) in [5, 5.41) is 0. The first-order valence-electron chi connectivity index (χ1n) is 3.05. The molecule has 0 aliphatic heterocycles. The van der Waals surface area contributed by atoms with Gasteiger partial charge in [0, 0.05) is 5.69 Å². The molecule has 0 bridgehead atoms. The highest BCUT2D eigenvalue weighted by molar-refractivity contribution is 14.1. The Hall–Kier alpha value is 0.810. The summed E-state index contributed by atoms with van der Waals surface area (Å²) < 4.78 is 9.20. The molecule has 1 rings (SSSR count). The van der Waals surface area contributed by atoms with Gasteiger partial charge in [-0.2, -0.15) is 0 Å². The third-order valence-corrected chi connectivity index (χ3v) is 3.12. The van der Waals surface area contributed by atoms with Crippen LogP contribution in [0, 0.1) is 0 Å². The van der Waals surface area contributed by atoms with Crippen molar-refractivity contribution in [3.8, 4) is 0 Å². The second-order valence-corrected chi connectivity index (χ2v) is 3.66. The van der Waals surface area contributed by atoms with Gasteiger partial charge in [0.2, 0.25) is 0 Å². The molecule has 0 amide bonds. The number of halogens is 3. The van der Waals surface area contributed by atoms with Gasteiger partial charge >= 0.3 is 0 Å². The Balaban J connectivity index is 3.02. The van der Waals surface area contributed by atoms with Crippen LogP contribution in [0.15, 0.2) is 18.2 Å². The predicted molar refractivity (Wildman–Crippen MR) is 79.4 cm³/mol. The molecule has 6 heteroatoms. The lowest BCUT2D eigenvalue weighted by Gasteiger charge is -2.07. The third kappa shape index (κ3) is 2.65. The van der Waals surface area contributed by atoms with E-state index >= 15 is 0 Å². The third-order valence-electron chi connectivity index (χ3n) is 1.33. The molecule has 0 atom stereocenters. The lowest BCUT2D eigenvalue weighted by Crippen LogP contribution is -1.89. The van der Waals surface area contributed by atoms with E-state index in [4.69, 9.17) is 0 Å². The van der Waals surface area contributed by atoms with Gasteiger partial charge in [0.15, 0.2) is 0 Å². The molecule has 0 spiro atoms. The van der Waals surface area contributed by atoms with Crippen molar-refractivity contribution in [2.24, 2.45) is 0 Å². The van der Waals surface area contributed by atoms with E-state index in [-0.39, 0.29) is 0 Å². The Bertz CT molecular complexity index is 266. The zero-order valence-electron chi connectivity index (χ0n) is 5.87. The van der Waals surface area contributed by atoms with E-state index in [1.807, 2.05) is 18.2 Å². The summed E-state index contributed by atoms with van der Waals surface area (Å²) in [6.45, 7) is 0. The molecular weight excluding hydrogens is 495 g/mol. The van der Waals surface area contributed by atoms with Gasteiger partial charge in [0.05, 0.1) is 80.0 Å². The minimum atomic E-state index is 1.08. The van der Waals surface area contributed by atoms with Crippen LogP contribution >= 0.6 is 68.6 Å². The second-order valence-electron chi connectivity index (χ2n) is 2.04. The highest BCUT2D eigenvalue weighted by Crippen LogP contribution is 2.28. The number of benzene rings is 1. The first-order chi connectivity index (χ1) is 5.81. The van der Waals surface area contributed by atoms with E-state index < -0.39 is 0 Å². The van der Waals surface area contributed by atoms with Crippen molar-refractivity contribution in [2.75, 3.05) is 10.6 Å². The van der Waals surface area contributed by atoms with Crippen LogP contribution in [0.2, 0.25) is 0 Å². The minimum absolute atomic E-state index is 1.08. The first kappa shape index (κ1) is 10.9. The molecule has 3 N–H and O–H groups in total. The minimum Gasteiger partial charge on any atom is -0.328 e. The quantitative estimate of drug-likeness (QED) is 0.434. The molecule has 1 aromatic rings. The lowest BCUT2D eigenvalue weighted by molar-refractivity contribution is 1.67. The molecule has 0 saturated carbocycles. The summed E-state index contributed by atoms with van der Waals surface area (Å²) >= 11 is 6.33. The number of hydrogen-bond acceptors (Lipinski definition) is 3. The molecule has 0 aliphatic rings. The van der Waals surface area contributed by atoms with Gasteiger partial charge in [-0.3, -0.25) is 0 Å². The maximum Gasteiger partial charge on any atom is 0.0690 e. The highest BCUT2D eigenvalue weighted by Gasteiger charge is 2.00. The lowest BCUT2D eigenvalue weighted by atomic mass is 10.2. The zero-order chi connectivity index (χ0) is 8.97. The van der Waals surface area contributed by atoms with E-state index in [9.17, 15) is 0 Å². The van der Waals surface area contributed by atoms with Gasteiger partial charge in [-0.05, 0) is 18.2 Å². The molecule has 0 aromatic heterocycles. The average Bonchev–Trinajstić information content (AvgIpc) is 2.16. The molecule has 1 aromatic carbocycles. The number of nitrogens with one attached hydrogen (secondary N) is 3. The number of anilines is 3. The monoisotopic (exact) mass is 501 g/mol. The Morgan fingerprint density at radius 1 is 0.833 bits per heavy atom. The summed E-state index contributed by atoms with van der Waals surface area (Å²) in [4.78, 5) is 0. The van der Waals surface area contributed by atoms with Gasteiger partial charge < -0.3 is 10.6 Å². The van der Waals surface area contributed by atoms with Crippen molar-refractivity contribution in [3.63, 3.8) is 0 Å². The summed E-state index contributed by atoms with van der Waals surface area (Å²) in [7, 11) is 0. The fourth-order valence-corrected chi connectivity index (χ4v) is 2.02. The fourth-order valence-electron chi connectivity index (χ4n) is 0.764. The van der Waals surface area contributed by atoms with Crippen LogP contribution in [0.5, 0.6) is 0 Å². The van der Waals surface area contributed by atoms with Crippen molar-refractivity contribution < 1.29 is 0 Å². The molecule has 0 fully saturated rings. The number of rotatable bonds is 3. The maximum absolute atomic E-state index is 3.08. The van der Waals surface area contributed by atoms with Gasteiger partial charge in [-0.25, -0.2) is 0 Å². The first-order valence-corrected chi connectivity index (χ1v) is 6.29. The summed E-state index contributed by atoms with van der Waals surface area (Å²) in [5.41, 5.74) is 3.25. The number of hydrogen-bond donors (Lipinski definition) is 3. The van der Waals surface area contributed by atoms with E-state index in [2.05, 4.69) is 79.2 Å². The van der Waals surface area contributed by atoms with Crippen molar-refractivity contribution in [1.82, 2.24) is 0 Å². The average molecular weight is 501 g/mol. The molecular formula is C6H6I3N3. The van der Waals surface area contributed by atoms with Gasteiger partial charge in [-0.15, -0.1) is 0 Å².